The van der Waals surface area contributed by atoms with Crippen LogP contribution in [0.5, 0.6) is 0 Å². The van der Waals surface area contributed by atoms with Crippen LogP contribution in [0.1, 0.15) is 0 Å². The fourth-order valence-electron chi connectivity index (χ4n) is 0.512. The highest BCUT2D eigenvalue weighted by Crippen LogP contribution is 2.16. The van der Waals surface area contributed by atoms with Crippen molar-refractivity contribution in [2.75, 3.05) is 6.61 Å². The van der Waals surface area contributed by atoms with E-state index in [0.29, 0.717) is 6.61 Å². The molecule has 0 spiro atoms. The Kier molecular flexibility index (Phi) is 2.29. The monoisotopic (exact) mass is 161 g/mol. The summed E-state index contributed by atoms with van der Waals surface area (Å²) in [7, 11) is 0. The third kappa shape index (κ3) is 2.01. The Hall–Kier alpha value is -0.540. The molecule has 1 amide bonds. The highest BCUT2D eigenvalue weighted by molar-refractivity contribution is 6.22. The van der Waals surface area contributed by atoms with E-state index in [1.807, 2.05) is 0 Å². The topological polar surface area (TPSA) is 41.6 Å². The molecule has 3 nitrogen and oxygen atoms in total. The normalized spacial score (nSPS) is 25.1. The predicted molar refractivity (Wildman–Crippen MR) is 37.7 cm³/mol. The van der Waals surface area contributed by atoms with Gasteiger partial charge in [-0.25, -0.2) is 0 Å². The molecule has 0 aliphatic carbocycles. The second-order valence-corrected chi connectivity index (χ2v) is 2.46. The number of epoxide rings is 1. The Morgan fingerprint density at radius 2 is 2.60 bits per heavy atom. The molecule has 0 aromatic rings. The molecule has 1 N–H and O–H groups in total. The number of rotatable bonds is 3. The van der Waals surface area contributed by atoms with Gasteiger partial charge in [-0.1, -0.05) is 18.2 Å². The maximum atomic E-state index is 10.6. The summed E-state index contributed by atoms with van der Waals surface area (Å²) in [5, 5.41) is 2.47. The van der Waals surface area contributed by atoms with Crippen LogP contribution in [0.4, 0.5) is 0 Å². The summed E-state index contributed by atoms with van der Waals surface area (Å²) < 4.78 is 4.83. The highest BCUT2D eigenvalue weighted by Gasteiger charge is 2.31. The molecule has 2 unspecified atom stereocenters. The van der Waals surface area contributed by atoms with E-state index in [0.717, 1.165) is 0 Å². The number of hydrogen-bond acceptors (Lipinski definition) is 2. The van der Waals surface area contributed by atoms with Crippen LogP contribution in [0.15, 0.2) is 12.7 Å². The molecule has 1 saturated heterocycles. The van der Waals surface area contributed by atoms with Crippen LogP contribution in [-0.2, 0) is 9.53 Å². The molecule has 0 aromatic carbocycles. The van der Waals surface area contributed by atoms with Crippen molar-refractivity contribution in [3.05, 3.63) is 12.7 Å². The summed E-state index contributed by atoms with van der Waals surface area (Å²) in [4.78, 5) is 10.6. The van der Waals surface area contributed by atoms with Crippen molar-refractivity contribution in [3.63, 3.8) is 0 Å². The molecule has 1 aliphatic heterocycles. The van der Waals surface area contributed by atoms with Gasteiger partial charge >= 0.3 is 0 Å². The molecule has 1 heterocycles. The molecule has 0 aromatic heterocycles. The lowest BCUT2D eigenvalue weighted by Crippen LogP contribution is -2.33. The van der Waals surface area contributed by atoms with Gasteiger partial charge in [-0.15, -0.1) is 0 Å². The predicted octanol–water partition coefficient (Wildman–Crippen LogP) is 0.252. The van der Waals surface area contributed by atoms with Crippen LogP contribution >= 0.6 is 11.6 Å². The van der Waals surface area contributed by atoms with E-state index in [1.165, 1.54) is 6.08 Å². The Morgan fingerprint density at radius 1 is 2.00 bits per heavy atom. The Morgan fingerprint density at radius 3 is 3.00 bits per heavy atom. The lowest BCUT2D eigenvalue weighted by atomic mass is 10.4. The van der Waals surface area contributed by atoms with E-state index < -0.39 is 5.50 Å². The largest absolute Gasteiger partial charge is 0.370 e. The zero-order valence-corrected chi connectivity index (χ0v) is 6.10. The average molecular weight is 162 g/mol. The number of carbonyl (C=O) groups is 1. The number of halogens is 1. The SMILES string of the molecule is C=CC(=O)NC(Cl)C1CO1. The Labute approximate surface area is 64.0 Å². The lowest BCUT2D eigenvalue weighted by Gasteiger charge is -2.04. The molecule has 1 aliphatic rings. The minimum Gasteiger partial charge on any atom is -0.370 e. The summed E-state index contributed by atoms with van der Waals surface area (Å²) in [6, 6.07) is 0. The van der Waals surface area contributed by atoms with Crippen LogP contribution in [0.3, 0.4) is 0 Å². The van der Waals surface area contributed by atoms with Gasteiger partial charge in [0.05, 0.1) is 6.61 Å². The van der Waals surface area contributed by atoms with Crippen LogP contribution in [0.25, 0.3) is 0 Å². The van der Waals surface area contributed by atoms with Crippen molar-refractivity contribution < 1.29 is 9.53 Å². The van der Waals surface area contributed by atoms with E-state index in [1.54, 1.807) is 0 Å². The summed E-state index contributed by atoms with van der Waals surface area (Å²) in [6.07, 6.45) is 1.17. The first-order valence-electron chi connectivity index (χ1n) is 2.92. The molecule has 0 bridgehead atoms. The van der Waals surface area contributed by atoms with Crippen molar-refractivity contribution in [3.8, 4) is 0 Å². The van der Waals surface area contributed by atoms with Crippen molar-refractivity contribution >= 4 is 17.5 Å². The minimum absolute atomic E-state index is 0.00873. The molecule has 56 valence electrons. The van der Waals surface area contributed by atoms with Gasteiger partial charge in [0.2, 0.25) is 5.91 Å². The van der Waals surface area contributed by atoms with Crippen molar-refractivity contribution in [1.29, 1.82) is 0 Å². The number of carbonyl (C=O) groups excluding carboxylic acids is 1. The van der Waals surface area contributed by atoms with Gasteiger partial charge in [-0.3, -0.25) is 4.79 Å². The molecule has 0 saturated carbocycles. The smallest absolute Gasteiger partial charge is 0.244 e. The molecular formula is C6H8ClNO2. The summed E-state index contributed by atoms with van der Waals surface area (Å²) in [5.74, 6) is -0.268. The third-order valence-corrected chi connectivity index (χ3v) is 1.54. The molecule has 4 heteroatoms. The molecular weight excluding hydrogens is 154 g/mol. The molecule has 10 heavy (non-hydrogen) atoms. The fourth-order valence-corrected chi connectivity index (χ4v) is 0.765. The van der Waals surface area contributed by atoms with Gasteiger partial charge in [0.15, 0.2) is 0 Å². The van der Waals surface area contributed by atoms with Crippen LogP contribution in [0.2, 0.25) is 0 Å². The first-order valence-corrected chi connectivity index (χ1v) is 3.36. The lowest BCUT2D eigenvalue weighted by molar-refractivity contribution is -0.116. The number of alkyl halides is 1. The second-order valence-electron chi connectivity index (χ2n) is 1.99. The van der Waals surface area contributed by atoms with Gasteiger partial charge in [0.25, 0.3) is 0 Å². The minimum atomic E-state index is -0.412. The van der Waals surface area contributed by atoms with Gasteiger partial charge in [-0.05, 0) is 6.08 Å². The zero-order chi connectivity index (χ0) is 7.56. The number of hydrogen-bond donors (Lipinski definition) is 1. The standard InChI is InChI=1S/C6H8ClNO2/c1-2-5(9)8-6(7)4-3-10-4/h2,4,6H,1,3H2,(H,8,9). The van der Waals surface area contributed by atoms with E-state index in [9.17, 15) is 4.79 Å². The van der Waals surface area contributed by atoms with E-state index >= 15 is 0 Å². The zero-order valence-electron chi connectivity index (χ0n) is 5.34. The molecule has 0 radical (unpaired) electrons. The van der Waals surface area contributed by atoms with Gasteiger partial charge < -0.3 is 10.1 Å². The van der Waals surface area contributed by atoms with Crippen LogP contribution in [-0.4, -0.2) is 24.1 Å². The van der Waals surface area contributed by atoms with Gasteiger partial charge in [0, 0.05) is 0 Å². The first-order chi connectivity index (χ1) is 4.74. The number of amides is 1. The van der Waals surface area contributed by atoms with E-state index in [2.05, 4.69) is 11.9 Å². The summed E-state index contributed by atoms with van der Waals surface area (Å²) >= 11 is 5.65. The third-order valence-electron chi connectivity index (χ3n) is 1.15. The van der Waals surface area contributed by atoms with Crippen LogP contribution in [0, 0.1) is 0 Å². The Bertz CT molecular complexity index is 156. The van der Waals surface area contributed by atoms with E-state index in [-0.39, 0.29) is 12.0 Å². The van der Waals surface area contributed by atoms with Crippen molar-refractivity contribution in [2.45, 2.75) is 11.6 Å². The maximum Gasteiger partial charge on any atom is 0.244 e. The first kappa shape index (κ1) is 7.57. The van der Waals surface area contributed by atoms with Gasteiger partial charge in [0.1, 0.15) is 11.6 Å². The second kappa shape index (κ2) is 3.03. The molecule has 1 fully saturated rings. The van der Waals surface area contributed by atoms with Crippen molar-refractivity contribution in [2.24, 2.45) is 0 Å². The quantitative estimate of drug-likeness (QED) is 0.279. The molecule has 2 atom stereocenters. The number of ether oxygens (including phenoxy) is 1. The average Bonchev–Trinajstić information content (AvgIpc) is 2.68. The Balaban J connectivity index is 2.22. The fraction of sp³-hybridized carbons (Fsp3) is 0.500. The van der Waals surface area contributed by atoms with Gasteiger partial charge in [-0.2, -0.15) is 0 Å². The van der Waals surface area contributed by atoms with E-state index in [4.69, 9.17) is 16.3 Å². The molecule has 1 rings (SSSR count). The number of nitrogens with one attached hydrogen (secondary N) is 1. The van der Waals surface area contributed by atoms with Crippen molar-refractivity contribution in [1.82, 2.24) is 5.32 Å². The maximum absolute atomic E-state index is 10.6. The summed E-state index contributed by atoms with van der Waals surface area (Å²) in [5.41, 5.74) is -0.412. The van der Waals surface area contributed by atoms with Crippen LogP contribution < -0.4 is 5.32 Å². The highest BCUT2D eigenvalue weighted by atomic mass is 35.5. The summed E-state index contributed by atoms with van der Waals surface area (Å²) in [6.45, 7) is 3.91.